The second-order valence-corrected chi connectivity index (χ2v) is 14.1. The van der Waals surface area contributed by atoms with Gasteiger partial charge in [0.1, 0.15) is 23.5 Å². The predicted molar refractivity (Wildman–Crippen MR) is 103 cm³/mol. The van der Waals surface area contributed by atoms with E-state index < -0.39 is 19.8 Å². The van der Waals surface area contributed by atoms with Gasteiger partial charge in [0.05, 0.1) is 11.1 Å². The number of nitrogens with zero attached hydrogens (tertiary/aromatic N) is 4. The lowest BCUT2D eigenvalue weighted by Crippen LogP contribution is -2.22. The Hall–Kier alpha value is -2.11. The van der Waals surface area contributed by atoms with Crippen molar-refractivity contribution in [3.05, 3.63) is 29.2 Å². The van der Waals surface area contributed by atoms with Gasteiger partial charge in [-0.1, -0.05) is 19.6 Å². The molecule has 3 heterocycles. The normalized spacial score (nSPS) is 12.6. The van der Waals surface area contributed by atoms with Crippen molar-refractivity contribution >= 4 is 36.9 Å². The lowest BCUT2D eigenvalue weighted by Gasteiger charge is -2.15. The molecule has 28 heavy (non-hydrogen) atoms. The van der Waals surface area contributed by atoms with Crippen molar-refractivity contribution in [2.75, 3.05) is 6.61 Å². The fraction of sp³-hybridized carbons (Fsp3) is 0.412. The van der Waals surface area contributed by atoms with Crippen LogP contribution in [0.25, 0.3) is 21.7 Å². The molecule has 0 bridgehead atoms. The van der Waals surface area contributed by atoms with Crippen molar-refractivity contribution < 1.29 is 22.7 Å². The number of aromatic nitrogens is 4. The first-order chi connectivity index (χ1) is 13.1. The standard InChI is InChI=1S/C17H19F3N4O2SSi/c1-28(2,3)5-4-26-10-24-8-11(17(18,19)20)15-16(24)22-6-12(23-15)13-7-21-14(9-25)27-13/h6-9H,4-5,10H2,1-3H3. The molecular formula is C17H19F3N4O2SSi. The van der Waals surface area contributed by atoms with Crippen LogP contribution in [-0.4, -0.2) is 40.5 Å². The molecule has 0 aliphatic heterocycles. The summed E-state index contributed by atoms with van der Waals surface area (Å²) in [6.45, 7) is 7.06. The molecule has 0 saturated carbocycles. The van der Waals surface area contributed by atoms with E-state index in [2.05, 4.69) is 34.6 Å². The maximum absolute atomic E-state index is 13.5. The number of hydrogen-bond donors (Lipinski definition) is 0. The Labute approximate surface area is 164 Å². The Balaban J connectivity index is 1.94. The van der Waals surface area contributed by atoms with Crippen molar-refractivity contribution in [2.24, 2.45) is 0 Å². The lowest BCUT2D eigenvalue weighted by molar-refractivity contribution is -0.136. The molecule has 0 amide bonds. The number of carbonyl (C=O) groups excluding carboxylic acids is 1. The van der Waals surface area contributed by atoms with Crippen molar-refractivity contribution in [3.8, 4) is 10.6 Å². The molecule has 3 aromatic rings. The monoisotopic (exact) mass is 428 g/mol. The Morgan fingerprint density at radius 2 is 2.00 bits per heavy atom. The van der Waals surface area contributed by atoms with Crippen molar-refractivity contribution in [1.29, 1.82) is 0 Å². The van der Waals surface area contributed by atoms with Gasteiger partial charge in [-0.2, -0.15) is 13.2 Å². The highest BCUT2D eigenvalue weighted by Crippen LogP contribution is 2.36. The summed E-state index contributed by atoms with van der Waals surface area (Å²) in [7, 11) is -1.29. The van der Waals surface area contributed by atoms with Gasteiger partial charge < -0.3 is 9.30 Å². The third-order valence-corrected chi connectivity index (χ3v) is 6.62. The number of hydrogen-bond acceptors (Lipinski definition) is 6. The fourth-order valence-electron chi connectivity index (χ4n) is 2.48. The van der Waals surface area contributed by atoms with Gasteiger partial charge >= 0.3 is 6.18 Å². The van der Waals surface area contributed by atoms with Gasteiger partial charge in [0.15, 0.2) is 16.9 Å². The molecule has 3 aromatic heterocycles. The van der Waals surface area contributed by atoms with Gasteiger partial charge in [-0.25, -0.2) is 15.0 Å². The smallest absolute Gasteiger partial charge is 0.361 e. The van der Waals surface area contributed by atoms with Crippen LogP contribution in [0, 0.1) is 0 Å². The summed E-state index contributed by atoms with van der Waals surface area (Å²) >= 11 is 1.04. The van der Waals surface area contributed by atoms with E-state index in [1.807, 2.05) is 0 Å². The van der Waals surface area contributed by atoms with Crippen LogP contribution in [0.15, 0.2) is 18.6 Å². The number of fused-ring (bicyclic) bond motifs is 1. The van der Waals surface area contributed by atoms with E-state index in [9.17, 15) is 18.0 Å². The Kier molecular flexibility index (Phi) is 5.68. The molecule has 0 saturated heterocycles. The maximum Gasteiger partial charge on any atom is 0.420 e. The summed E-state index contributed by atoms with van der Waals surface area (Å²) in [5.41, 5.74) is -0.782. The number of ether oxygens (including phenoxy) is 1. The molecule has 6 nitrogen and oxygen atoms in total. The average Bonchev–Trinajstić information content (AvgIpc) is 3.22. The van der Waals surface area contributed by atoms with Gasteiger partial charge in [-0.3, -0.25) is 4.79 Å². The summed E-state index contributed by atoms with van der Waals surface area (Å²) in [6, 6.07) is 0.915. The molecule has 0 atom stereocenters. The first-order valence-electron chi connectivity index (χ1n) is 8.51. The maximum atomic E-state index is 13.5. The molecule has 150 valence electrons. The summed E-state index contributed by atoms with van der Waals surface area (Å²) in [4.78, 5) is 23.5. The lowest BCUT2D eigenvalue weighted by atomic mass is 10.3. The summed E-state index contributed by atoms with van der Waals surface area (Å²) in [5.74, 6) is 0. The molecule has 0 aliphatic carbocycles. The van der Waals surface area contributed by atoms with Gasteiger partial charge in [0.2, 0.25) is 0 Å². The minimum absolute atomic E-state index is 0.0269. The van der Waals surface area contributed by atoms with Crippen LogP contribution in [0.3, 0.4) is 0 Å². The quantitative estimate of drug-likeness (QED) is 0.310. The zero-order valence-electron chi connectivity index (χ0n) is 15.6. The van der Waals surface area contributed by atoms with Crippen LogP contribution in [0.5, 0.6) is 0 Å². The van der Waals surface area contributed by atoms with Crippen molar-refractivity contribution in [1.82, 2.24) is 19.5 Å². The van der Waals surface area contributed by atoms with Crippen LogP contribution >= 0.6 is 11.3 Å². The van der Waals surface area contributed by atoms with Crippen molar-refractivity contribution in [3.63, 3.8) is 0 Å². The molecule has 0 N–H and O–H groups in total. The predicted octanol–water partition coefficient (Wildman–Crippen LogP) is 4.70. The highest BCUT2D eigenvalue weighted by molar-refractivity contribution is 7.16. The second-order valence-electron chi connectivity index (χ2n) is 7.47. The summed E-state index contributed by atoms with van der Waals surface area (Å²) in [5, 5.41) is 0.223. The number of carbonyl (C=O) groups is 1. The first kappa shape index (κ1) is 20.6. The van der Waals surface area contributed by atoms with Crippen molar-refractivity contribution in [2.45, 2.75) is 38.6 Å². The molecule has 3 rings (SSSR count). The van der Waals surface area contributed by atoms with Gasteiger partial charge in [0.25, 0.3) is 0 Å². The zero-order valence-corrected chi connectivity index (χ0v) is 17.4. The number of aldehydes is 1. The highest BCUT2D eigenvalue weighted by atomic mass is 32.1. The largest absolute Gasteiger partial charge is 0.420 e. The van der Waals surface area contributed by atoms with E-state index in [-0.39, 0.29) is 28.6 Å². The third kappa shape index (κ3) is 4.65. The zero-order chi connectivity index (χ0) is 20.5. The van der Waals surface area contributed by atoms with Gasteiger partial charge in [0, 0.05) is 27.1 Å². The van der Waals surface area contributed by atoms with E-state index in [0.29, 0.717) is 17.8 Å². The van der Waals surface area contributed by atoms with Crippen LogP contribution in [0.2, 0.25) is 25.7 Å². The highest BCUT2D eigenvalue weighted by Gasteiger charge is 2.36. The van der Waals surface area contributed by atoms with Gasteiger partial charge in [-0.15, -0.1) is 11.3 Å². The number of alkyl halides is 3. The molecule has 0 spiro atoms. The summed E-state index contributed by atoms with van der Waals surface area (Å²) in [6.07, 6.45) is -0.240. The Morgan fingerprint density at radius 3 is 2.61 bits per heavy atom. The van der Waals surface area contributed by atoms with Gasteiger partial charge in [-0.05, 0) is 6.04 Å². The molecular weight excluding hydrogens is 409 g/mol. The third-order valence-electron chi connectivity index (χ3n) is 3.97. The number of halogens is 3. The molecule has 0 unspecified atom stereocenters. The Bertz CT molecular complexity index is 995. The van der Waals surface area contributed by atoms with Crippen LogP contribution in [0.4, 0.5) is 13.2 Å². The minimum Gasteiger partial charge on any atom is -0.361 e. The number of thiazole rings is 1. The van der Waals surface area contributed by atoms with E-state index >= 15 is 0 Å². The summed E-state index contributed by atoms with van der Waals surface area (Å²) < 4.78 is 47.4. The molecule has 0 radical (unpaired) electrons. The minimum atomic E-state index is -4.57. The fourth-order valence-corrected chi connectivity index (χ4v) is 3.92. The SMILES string of the molecule is C[Si](C)(C)CCOCn1cc(C(F)(F)F)c2nc(-c3cnc(C=O)s3)cnc21. The van der Waals surface area contributed by atoms with E-state index in [4.69, 9.17) is 4.74 Å². The van der Waals surface area contributed by atoms with Crippen LogP contribution < -0.4 is 0 Å². The second kappa shape index (κ2) is 7.72. The molecule has 0 aromatic carbocycles. The molecule has 0 fully saturated rings. The molecule has 0 aliphatic rings. The van der Waals surface area contributed by atoms with Crippen LogP contribution in [0.1, 0.15) is 15.4 Å². The molecule has 11 heteroatoms. The Morgan fingerprint density at radius 1 is 1.25 bits per heavy atom. The van der Waals surface area contributed by atoms with Crippen LogP contribution in [-0.2, 0) is 17.6 Å². The van der Waals surface area contributed by atoms with E-state index in [0.717, 1.165) is 23.6 Å². The average molecular weight is 429 g/mol. The van der Waals surface area contributed by atoms with E-state index in [1.54, 1.807) is 0 Å². The number of rotatable bonds is 7. The first-order valence-corrected chi connectivity index (χ1v) is 13.0. The van der Waals surface area contributed by atoms with E-state index in [1.165, 1.54) is 17.0 Å². The topological polar surface area (TPSA) is 69.9 Å².